The molecule has 0 radical (unpaired) electrons. The van der Waals surface area contributed by atoms with Crippen LogP contribution < -0.4 is 5.56 Å². The molecule has 3 N–H and O–H groups in total. The Morgan fingerprint density at radius 2 is 1.76 bits per heavy atom. The Hall–Kier alpha value is -2.61. The zero-order valence-electron chi connectivity index (χ0n) is 22.9. The Balaban J connectivity index is 1.43. The van der Waals surface area contributed by atoms with Crippen molar-refractivity contribution in [2.75, 3.05) is 64.8 Å². The number of nitrogens with zero attached hydrogens (tertiary/aromatic N) is 2. The van der Waals surface area contributed by atoms with Gasteiger partial charge in [0.1, 0.15) is 11.5 Å². The number of halogens is 4. The van der Waals surface area contributed by atoms with Gasteiger partial charge >= 0.3 is 6.18 Å². The lowest BCUT2D eigenvalue weighted by molar-refractivity contribution is -0.137. The third-order valence-electron chi connectivity index (χ3n) is 7.09. The van der Waals surface area contributed by atoms with Crippen molar-refractivity contribution in [3.63, 3.8) is 0 Å². The van der Waals surface area contributed by atoms with E-state index in [0.717, 1.165) is 63.2 Å². The molecule has 1 aromatic heterocycles. The summed E-state index contributed by atoms with van der Waals surface area (Å²) in [7, 11) is 0. The number of ketones is 1. The summed E-state index contributed by atoms with van der Waals surface area (Å²) < 4.78 is 46.0. The Bertz CT molecular complexity index is 1440. The molecule has 1 fully saturated rings. The fraction of sp³-hybridized carbons (Fsp3) is 0.448. The highest BCUT2D eigenvalue weighted by atomic mass is 35.5. The molecule has 2 aromatic carbocycles. The molecule has 1 saturated heterocycles. The first-order valence-electron chi connectivity index (χ1n) is 13.6. The molecule has 2 heterocycles. The molecular formula is C29H33ClF3N3O5S. The zero-order valence-corrected chi connectivity index (χ0v) is 24.5. The first kappa shape index (κ1) is 32.3. The van der Waals surface area contributed by atoms with Crippen molar-refractivity contribution < 1.29 is 32.9 Å². The van der Waals surface area contributed by atoms with Crippen LogP contribution in [0.15, 0.2) is 46.1 Å². The van der Waals surface area contributed by atoms with E-state index < -0.39 is 17.3 Å². The Labute approximate surface area is 250 Å². The van der Waals surface area contributed by atoms with E-state index >= 15 is 0 Å². The van der Waals surface area contributed by atoms with Gasteiger partial charge in [0.15, 0.2) is 0 Å². The second kappa shape index (κ2) is 14.7. The number of carbonyl (C=O) groups is 1. The van der Waals surface area contributed by atoms with Gasteiger partial charge in [-0.25, -0.2) is 0 Å². The molecule has 3 aromatic rings. The van der Waals surface area contributed by atoms with E-state index in [1.54, 1.807) is 0 Å². The summed E-state index contributed by atoms with van der Waals surface area (Å²) in [6.07, 6.45) is -3.68. The zero-order chi connectivity index (χ0) is 30.3. The fourth-order valence-electron chi connectivity index (χ4n) is 4.89. The van der Waals surface area contributed by atoms with Crippen molar-refractivity contribution in [2.24, 2.45) is 0 Å². The molecule has 42 heavy (non-hydrogen) atoms. The van der Waals surface area contributed by atoms with Crippen LogP contribution >= 0.6 is 23.4 Å². The van der Waals surface area contributed by atoms with Crippen LogP contribution in [-0.2, 0) is 15.7 Å². The summed E-state index contributed by atoms with van der Waals surface area (Å²) in [5.74, 6) is -0.400. The van der Waals surface area contributed by atoms with Crippen molar-refractivity contribution in [2.45, 2.75) is 23.9 Å². The number of fused-ring (bicyclic) bond motifs is 1. The van der Waals surface area contributed by atoms with Crippen LogP contribution in [0, 0.1) is 0 Å². The highest BCUT2D eigenvalue weighted by Crippen LogP contribution is 2.42. The minimum Gasteiger partial charge on any atom is -0.507 e. The van der Waals surface area contributed by atoms with Crippen molar-refractivity contribution >= 4 is 40.0 Å². The molecule has 0 saturated carbocycles. The normalized spacial score (nSPS) is 15.0. The van der Waals surface area contributed by atoms with Crippen LogP contribution in [0.3, 0.4) is 0 Å². The summed E-state index contributed by atoms with van der Waals surface area (Å²) in [6.45, 7) is 6.04. The van der Waals surface area contributed by atoms with E-state index in [1.165, 1.54) is 24.3 Å². The third-order valence-corrected chi connectivity index (χ3v) is 8.47. The van der Waals surface area contributed by atoms with Gasteiger partial charge in [-0.15, -0.1) is 11.8 Å². The predicted octanol–water partition coefficient (Wildman–Crippen LogP) is 4.64. The van der Waals surface area contributed by atoms with Gasteiger partial charge < -0.3 is 24.8 Å². The van der Waals surface area contributed by atoms with Crippen LogP contribution in [0.25, 0.3) is 22.0 Å². The highest BCUT2D eigenvalue weighted by Gasteiger charge is 2.31. The number of aliphatic hydroxyl groups excluding tert-OH is 1. The molecule has 228 valence electrons. The standard InChI is InChI=1S/C29H33ClF3N3O5S/c30-20-4-6-25(39)23(17-20)26-22-16-19(29(31,32)33)3-5-24(22)34-28(40)27(26)42-18-21(38)2-1-7-35-8-10-36(11-9-35)12-14-41-15-13-37/h3-6,16-17,37,39H,1-2,7-15,18H2,(H,34,40). The molecule has 1 aliphatic rings. The van der Waals surface area contributed by atoms with E-state index in [9.17, 15) is 27.9 Å². The molecule has 8 nitrogen and oxygen atoms in total. The maximum atomic E-state index is 13.6. The van der Waals surface area contributed by atoms with Gasteiger partial charge in [0.05, 0.1) is 36.0 Å². The number of piperazine rings is 1. The molecule has 4 rings (SSSR count). The number of H-pyrrole nitrogens is 1. The molecule has 0 aliphatic carbocycles. The van der Waals surface area contributed by atoms with Crippen molar-refractivity contribution in [3.05, 3.63) is 57.3 Å². The van der Waals surface area contributed by atoms with Crippen molar-refractivity contribution in [3.8, 4) is 16.9 Å². The highest BCUT2D eigenvalue weighted by molar-refractivity contribution is 8.00. The average molecular weight is 628 g/mol. The lowest BCUT2D eigenvalue weighted by Crippen LogP contribution is -2.47. The number of aromatic hydroxyl groups is 1. The number of hydrogen-bond donors (Lipinski definition) is 3. The number of rotatable bonds is 13. The number of ether oxygens (including phenoxy) is 1. The number of aromatic nitrogens is 1. The molecular weight excluding hydrogens is 595 g/mol. The number of Topliss-reactive ketones (excluding diaryl/α,β-unsaturated/α-hetero) is 1. The maximum absolute atomic E-state index is 13.6. The first-order valence-corrected chi connectivity index (χ1v) is 15.0. The minimum absolute atomic E-state index is 0.0131. The summed E-state index contributed by atoms with van der Waals surface area (Å²) in [5.41, 5.74) is -1.12. The van der Waals surface area contributed by atoms with E-state index in [2.05, 4.69) is 14.8 Å². The lowest BCUT2D eigenvalue weighted by Gasteiger charge is -2.34. The van der Waals surface area contributed by atoms with Gasteiger partial charge in [0, 0.05) is 66.2 Å². The van der Waals surface area contributed by atoms with Crippen molar-refractivity contribution in [1.82, 2.24) is 14.8 Å². The number of nitrogens with one attached hydrogen (secondary N) is 1. The second-order valence-corrected chi connectivity index (χ2v) is 11.5. The Kier molecular flexibility index (Phi) is 11.3. The van der Waals surface area contributed by atoms with Crippen LogP contribution in [0.2, 0.25) is 5.02 Å². The predicted molar refractivity (Wildman–Crippen MR) is 157 cm³/mol. The molecule has 0 atom stereocenters. The number of carbonyl (C=O) groups excluding carboxylic acids is 1. The fourth-order valence-corrected chi connectivity index (χ4v) is 6.05. The third kappa shape index (κ3) is 8.48. The largest absolute Gasteiger partial charge is 0.507 e. The molecule has 13 heteroatoms. The van der Waals surface area contributed by atoms with E-state index in [1.807, 2.05) is 0 Å². The van der Waals surface area contributed by atoms with Gasteiger partial charge in [-0.05, 0) is 49.4 Å². The maximum Gasteiger partial charge on any atom is 0.416 e. The molecule has 0 bridgehead atoms. The van der Waals surface area contributed by atoms with Crippen LogP contribution in [0.1, 0.15) is 18.4 Å². The van der Waals surface area contributed by atoms with Crippen LogP contribution in [0.4, 0.5) is 13.2 Å². The lowest BCUT2D eigenvalue weighted by atomic mass is 9.98. The quantitative estimate of drug-likeness (QED) is 0.186. The number of benzene rings is 2. The topological polar surface area (TPSA) is 106 Å². The second-order valence-electron chi connectivity index (χ2n) is 10.0. The van der Waals surface area contributed by atoms with Gasteiger partial charge in [-0.2, -0.15) is 13.2 Å². The number of hydrogen-bond acceptors (Lipinski definition) is 8. The van der Waals surface area contributed by atoms with E-state index in [4.69, 9.17) is 21.4 Å². The van der Waals surface area contributed by atoms with Crippen LogP contribution in [-0.4, -0.2) is 95.6 Å². The van der Waals surface area contributed by atoms with Crippen molar-refractivity contribution in [1.29, 1.82) is 0 Å². The Morgan fingerprint density at radius 1 is 1.05 bits per heavy atom. The SMILES string of the molecule is O=C(CCCN1CCN(CCOCCO)CC1)CSc1c(-c2cc(Cl)ccc2O)c2cc(C(F)(F)F)ccc2[nH]c1=O. The van der Waals surface area contributed by atoms with Crippen LogP contribution in [0.5, 0.6) is 5.75 Å². The summed E-state index contributed by atoms with van der Waals surface area (Å²) in [4.78, 5) is 33.1. The summed E-state index contributed by atoms with van der Waals surface area (Å²) in [5, 5.41) is 19.7. The molecule has 0 unspecified atom stereocenters. The number of thioether (sulfide) groups is 1. The number of aromatic amines is 1. The van der Waals surface area contributed by atoms with Gasteiger partial charge in [-0.3, -0.25) is 14.5 Å². The monoisotopic (exact) mass is 627 g/mol. The molecule has 0 spiro atoms. The number of phenolic OH excluding ortho intramolecular Hbond substituents is 1. The molecule has 1 aliphatic heterocycles. The minimum atomic E-state index is -4.62. The van der Waals surface area contributed by atoms with Gasteiger partial charge in [0.25, 0.3) is 5.56 Å². The molecule has 0 amide bonds. The first-order chi connectivity index (χ1) is 20.1. The number of pyridine rings is 1. The number of alkyl halides is 3. The Morgan fingerprint density at radius 3 is 2.45 bits per heavy atom. The number of aliphatic hydroxyl groups is 1. The van der Waals surface area contributed by atoms with E-state index in [-0.39, 0.29) is 55.8 Å². The average Bonchev–Trinajstić information content (AvgIpc) is 2.95. The smallest absolute Gasteiger partial charge is 0.416 e. The summed E-state index contributed by atoms with van der Waals surface area (Å²) in [6, 6.07) is 7.11. The van der Waals surface area contributed by atoms with Gasteiger partial charge in [0.2, 0.25) is 0 Å². The summed E-state index contributed by atoms with van der Waals surface area (Å²) >= 11 is 7.09. The van der Waals surface area contributed by atoms with Gasteiger partial charge in [-0.1, -0.05) is 11.6 Å². The number of phenols is 1. The van der Waals surface area contributed by atoms with E-state index in [0.29, 0.717) is 26.1 Å².